The lowest BCUT2D eigenvalue weighted by Crippen LogP contribution is -1.97. The van der Waals surface area contributed by atoms with E-state index in [-0.39, 0.29) is 0 Å². The molecule has 0 amide bonds. The smallest absolute Gasteiger partial charge is 0.161 e. The number of hydrogen-bond acceptors (Lipinski definition) is 3. The average Bonchev–Trinajstić information content (AvgIpc) is 2.89. The maximum Gasteiger partial charge on any atom is 0.161 e. The Hall–Kier alpha value is -1.13. The number of fused-ring (bicyclic) bond motifs is 1. The number of rotatable bonds is 2. The van der Waals surface area contributed by atoms with Crippen molar-refractivity contribution < 1.29 is 4.74 Å². The third kappa shape index (κ3) is 2.35. The van der Waals surface area contributed by atoms with Crippen LogP contribution in [0.2, 0.25) is 5.15 Å². The van der Waals surface area contributed by atoms with Gasteiger partial charge in [0, 0.05) is 12.0 Å². The highest BCUT2D eigenvalue weighted by Gasteiger charge is 2.15. The maximum atomic E-state index is 6.14. The highest BCUT2D eigenvalue weighted by Crippen LogP contribution is 2.31. The van der Waals surface area contributed by atoms with E-state index < -0.39 is 0 Å². The fourth-order valence-corrected chi connectivity index (χ4v) is 2.80. The summed E-state index contributed by atoms with van der Waals surface area (Å²) >= 11 is 9.56. The van der Waals surface area contributed by atoms with Crippen LogP contribution < -0.4 is 4.74 Å². The number of hydrogen-bond donors (Lipinski definition) is 0. The van der Waals surface area contributed by atoms with Gasteiger partial charge in [-0.3, -0.25) is 0 Å². The van der Waals surface area contributed by atoms with Crippen molar-refractivity contribution in [3.8, 4) is 17.1 Å². The molecule has 0 atom stereocenters. The Balaban J connectivity index is 2.09. The summed E-state index contributed by atoms with van der Waals surface area (Å²) in [6.07, 6.45) is 1.75. The van der Waals surface area contributed by atoms with E-state index in [1.54, 1.807) is 0 Å². The Bertz CT molecular complexity index is 646. The fraction of sp³-hybridized carbons (Fsp3) is 0.286. The van der Waals surface area contributed by atoms with E-state index in [0.717, 1.165) is 40.9 Å². The predicted molar refractivity (Wildman–Crippen MR) is 78.8 cm³/mol. The van der Waals surface area contributed by atoms with Crippen LogP contribution in [0.15, 0.2) is 22.7 Å². The summed E-state index contributed by atoms with van der Waals surface area (Å²) in [5, 5.41) is 0.457. The third-order valence-electron chi connectivity index (χ3n) is 3.16. The highest BCUT2D eigenvalue weighted by molar-refractivity contribution is 9.10. The Labute approximate surface area is 125 Å². The molecule has 98 valence electrons. The predicted octanol–water partition coefficient (Wildman–Crippen LogP) is 4.06. The molecule has 3 rings (SSSR count). The normalized spacial score (nSPS) is 13.2. The van der Waals surface area contributed by atoms with Crippen LogP contribution in [0, 0.1) is 0 Å². The molecule has 0 saturated carbocycles. The molecular weight excluding hydrogens is 328 g/mol. The highest BCUT2D eigenvalue weighted by atomic mass is 79.9. The Morgan fingerprint density at radius 2 is 2.21 bits per heavy atom. The van der Waals surface area contributed by atoms with Crippen molar-refractivity contribution in [2.75, 3.05) is 6.61 Å². The molecule has 19 heavy (non-hydrogen) atoms. The van der Waals surface area contributed by atoms with Crippen LogP contribution in [0.25, 0.3) is 11.4 Å². The molecule has 0 saturated heterocycles. The van der Waals surface area contributed by atoms with Crippen molar-refractivity contribution in [1.29, 1.82) is 0 Å². The van der Waals surface area contributed by atoms with Gasteiger partial charge >= 0.3 is 0 Å². The molecule has 1 aliphatic rings. The average molecular weight is 340 g/mol. The van der Waals surface area contributed by atoms with Gasteiger partial charge in [0.15, 0.2) is 5.82 Å². The van der Waals surface area contributed by atoms with Gasteiger partial charge in [0.2, 0.25) is 0 Å². The minimum absolute atomic E-state index is 0.457. The summed E-state index contributed by atoms with van der Waals surface area (Å²) in [7, 11) is 0. The van der Waals surface area contributed by atoms with Crippen molar-refractivity contribution in [3.05, 3.63) is 39.1 Å². The SMILES string of the molecule is CCc1nc(-c2ccc3c(c2)CCO3)nc(Cl)c1Br. The van der Waals surface area contributed by atoms with Crippen LogP contribution in [0.5, 0.6) is 5.75 Å². The number of halogens is 2. The first-order valence-corrected chi connectivity index (χ1v) is 7.34. The lowest BCUT2D eigenvalue weighted by Gasteiger charge is -2.07. The summed E-state index contributed by atoms with van der Waals surface area (Å²) in [4.78, 5) is 8.91. The Kier molecular flexibility index (Phi) is 3.46. The first-order valence-electron chi connectivity index (χ1n) is 6.17. The van der Waals surface area contributed by atoms with Crippen molar-refractivity contribution in [2.24, 2.45) is 0 Å². The van der Waals surface area contributed by atoms with Gasteiger partial charge in [0.05, 0.1) is 16.8 Å². The van der Waals surface area contributed by atoms with Crippen molar-refractivity contribution in [3.63, 3.8) is 0 Å². The zero-order chi connectivity index (χ0) is 13.4. The minimum atomic E-state index is 0.457. The van der Waals surface area contributed by atoms with Gasteiger partial charge in [0.25, 0.3) is 0 Å². The van der Waals surface area contributed by atoms with Gasteiger partial charge in [-0.15, -0.1) is 0 Å². The Morgan fingerprint density at radius 1 is 1.37 bits per heavy atom. The molecule has 0 aliphatic carbocycles. The first kappa shape index (κ1) is 12.9. The van der Waals surface area contributed by atoms with E-state index in [4.69, 9.17) is 16.3 Å². The maximum absolute atomic E-state index is 6.14. The molecule has 3 nitrogen and oxygen atoms in total. The second-order valence-electron chi connectivity index (χ2n) is 4.37. The zero-order valence-electron chi connectivity index (χ0n) is 10.4. The van der Waals surface area contributed by atoms with E-state index in [2.05, 4.69) is 32.0 Å². The first-order chi connectivity index (χ1) is 9.19. The van der Waals surface area contributed by atoms with Crippen LogP contribution >= 0.6 is 27.5 Å². The van der Waals surface area contributed by atoms with E-state index >= 15 is 0 Å². The second kappa shape index (κ2) is 5.10. The van der Waals surface area contributed by atoms with E-state index in [1.807, 2.05) is 19.1 Å². The fourth-order valence-electron chi connectivity index (χ4n) is 2.15. The minimum Gasteiger partial charge on any atom is -0.493 e. The molecule has 5 heteroatoms. The lowest BCUT2D eigenvalue weighted by molar-refractivity contribution is 0.357. The quantitative estimate of drug-likeness (QED) is 0.774. The zero-order valence-corrected chi connectivity index (χ0v) is 12.8. The number of benzene rings is 1. The molecule has 0 unspecified atom stereocenters. The lowest BCUT2D eigenvalue weighted by atomic mass is 10.1. The summed E-state index contributed by atoms with van der Waals surface area (Å²) in [5.74, 6) is 1.63. The topological polar surface area (TPSA) is 35.0 Å². The number of ether oxygens (including phenoxy) is 1. The monoisotopic (exact) mass is 338 g/mol. The van der Waals surface area contributed by atoms with Crippen LogP contribution in [0.1, 0.15) is 18.2 Å². The van der Waals surface area contributed by atoms with Gasteiger partial charge < -0.3 is 4.74 Å². The van der Waals surface area contributed by atoms with E-state index in [1.165, 1.54) is 5.56 Å². The molecule has 1 aromatic carbocycles. The Morgan fingerprint density at radius 3 is 3.00 bits per heavy atom. The van der Waals surface area contributed by atoms with Gasteiger partial charge in [-0.2, -0.15) is 0 Å². The molecular formula is C14H12BrClN2O. The van der Waals surface area contributed by atoms with Crippen LogP contribution in [-0.2, 0) is 12.8 Å². The number of aryl methyl sites for hydroxylation is 1. The summed E-state index contributed by atoms with van der Waals surface area (Å²) < 4.78 is 6.28. The summed E-state index contributed by atoms with van der Waals surface area (Å²) in [5.41, 5.74) is 3.11. The third-order valence-corrected chi connectivity index (χ3v) is 4.50. The summed E-state index contributed by atoms with van der Waals surface area (Å²) in [6, 6.07) is 6.03. The van der Waals surface area contributed by atoms with Crippen LogP contribution in [0.4, 0.5) is 0 Å². The second-order valence-corrected chi connectivity index (χ2v) is 5.52. The molecule has 1 aliphatic heterocycles. The number of nitrogens with zero attached hydrogens (tertiary/aromatic N) is 2. The molecule has 2 aromatic rings. The largest absolute Gasteiger partial charge is 0.493 e. The molecule has 0 N–H and O–H groups in total. The molecule has 0 bridgehead atoms. The van der Waals surface area contributed by atoms with Crippen molar-refractivity contribution in [1.82, 2.24) is 9.97 Å². The number of aromatic nitrogens is 2. The van der Waals surface area contributed by atoms with Crippen molar-refractivity contribution in [2.45, 2.75) is 19.8 Å². The van der Waals surface area contributed by atoms with Gasteiger partial charge in [-0.1, -0.05) is 18.5 Å². The van der Waals surface area contributed by atoms with Gasteiger partial charge in [0.1, 0.15) is 10.9 Å². The molecule has 0 fully saturated rings. The van der Waals surface area contributed by atoms with E-state index in [9.17, 15) is 0 Å². The molecule has 1 aromatic heterocycles. The van der Waals surface area contributed by atoms with E-state index in [0.29, 0.717) is 11.0 Å². The molecule has 0 radical (unpaired) electrons. The van der Waals surface area contributed by atoms with Crippen LogP contribution in [-0.4, -0.2) is 16.6 Å². The molecule has 2 heterocycles. The van der Waals surface area contributed by atoms with Crippen LogP contribution in [0.3, 0.4) is 0 Å². The standard InChI is InChI=1S/C14H12BrClN2O/c1-2-10-12(15)13(16)18-14(17-10)9-3-4-11-8(7-9)5-6-19-11/h3-4,7H,2,5-6H2,1H3. The van der Waals surface area contributed by atoms with Gasteiger partial charge in [-0.25, -0.2) is 9.97 Å². The van der Waals surface area contributed by atoms with Crippen molar-refractivity contribution >= 4 is 27.5 Å². The van der Waals surface area contributed by atoms with Gasteiger partial charge in [-0.05, 0) is 46.1 Å². The molecule has 0 spiro atoms. The summed E-state index contributed by atoms with van der Waals surface area (Å²) in [6.45, 7) is 2.80.